The van der Waals surface area contributed by atoms with E-state index in [1.807, 2.05) is 0 Å². The first-order valence-corrected chi connectivity index (χ1v) is 24.4. The molecule has 0 fully saturated rings. The lowest BCUT2D eigenvalue weighted by Crippen LogP contribution is -2.28. The van der Waals surface area contributed by atoms with Crippen LogP contribution in [-0.4, -0.2) is 27.6 Å². The summed E-state index contributed by atoms with van der Waals surface area (Å²) in [5.41, 5.74) is 10.7. The van der Waals surface area contributed by atoms with Gasteiger partial charge in [0.1, 0.15) is 8.75 Å². The molecule has 2 N–H and O–H groups in total. The van der Waals surface area contributed by atoms with Gasteiger partial charge in [-0.25, -0.2) is 0 Å². The SMILES string of the molecule is CCCCN=C(/C=C/C1=C(SC(=N)SC(=N)SCc2ccc(C)cc2)C(=C/C=C2/N(CCCC)c3ccc(Br)cc3C2(C)C)/CCC1)C(C)(C)c1cccc(Br)c1. The highest BCUT2D eigenvalue weighted by atomic mass is 79.9. The average Bonchev–Trinajstić information content (AvgIpc) is 3.38. The number of nitrogens with one attached hydrogen (secondary N) is 2. The first kappa shape index (κ1) is 45.5. The molecule has 0 spiro atoms. The minimum Gasteiger partial charge on any atom is -0.344 e. The van der Waals surface area contributed by atoms with E-state index in [0.717, 1.165) is 83.4 Å². The minimum atomic E-state index is -0.300. The summed E-state index contributed by atoms with van der Waals surface area (Å²) in [5.74, 6) is 0.719. The van der Waals surface area contributed by atoms with Crippen molar-refractivity contribution in [2.45, 2.75) is 110 Å². The lowest BCUT2D eigenvalue weighted by Gasteiger charge is -2.28. The highest BCUT2D eigenvalue weighted by Crippen LogP contribution is 2.49. The second-order valence-corrected chi connectivity index (χ2v) is 21.3. The smallest absolute Gasteiger partial charge is 0.133 e. The molecule has 0 radical (unpaired) electrons. The zero-order valence-electron chi connectivity index (χ0n) is 34.6. The van der Waals surface area contributed by atoms with E-state index in [4.69, 9.17) is 10.4 Å². The molecule has 0 atom stereocenters. The van der Waals surface area contributed by atoms with Gasteiger partial charge in [-0.1, -0.05) is 164 Å². The van der Waals surface area contributed by atoms with Crippen molar-refractivity contribution >= 4 is 87.3 Å². The third-order valence-electron chi connectivity index (χ3n) is 10.8. The first-order valence-electron chi connectivity index (χ1n) is 20.2. The Hall–Kier alpha value is -2.56. The molecule has 0 saturated heterocycles. The molecule has 0 aromatic heterocycles. The molecule has 57 heavy (non-hydrogen) atoms. The zero-order chi connectivity index (χ0) is 41.2. The van der Waals surface area contributed by atoms with Gasteiger partial charge in [0.05, 0.1) is 0 Å². The number of nitrogens with zero attached hydrogens (tertiary/aromatic N) is 2. The van der Waals surface area contributed by atoms with Crippen molar-refractivity contribution in [1.82, 2.24) is 0 Å². The number of thioether (sulfide) groups is 3. The Morgan fingerprint density at radius 3 is 2.37 bits per heavy atom. The Balaban J connectivity index is 1.53. The molecule has 302 valence electrons. The molecule has 0 bridgehead atoms. The number of rotatable bonds is 14. The van der Waals surface area contributed by atoms with Crippen LogP contribution in [0, 0.1) is 17.7 Å². The van der Waals surface area contributed by atoms with Crippen molar-refractivity contribution < 1.29 is 0 Å². The van der Waals surface area contributed by atoms with Crippen LogP contribution in [0.2, 0.25) is 0 Å². The highest BCUT2D eigenvalue weighted by molar-refractivity contribution is 9.10. The highest BCUT2D eigenvalue weighted by Gasteiger charge is 2.39. The van der Waals surface area contributed by atoms with Crippen molar-refractivity contribution in [2.75, 3.05) is 18.0 Å². The van der Waals surface area contributed by atoms with Gasteiger partial charge >= 0.3 is 0 Å². The standard InChI is InChI=1S/C48H58Br2N4S3/c1-8-10-28-53-42(47(4,5)37-16-13-17-38(49)30-37)26-22-35-14-12-15-36(44(35)56-46(52)57-45(51)55-32-34-20-18-33(3)19-21-34)23-27-43-48(6,7)40-31-39(50)24-25-41(40)54(43)29-11-9-2/h13,16-27,30-31,51-52H,8-12,14-15,28-29,32H2,1-7H3/b26-22+,36-23+,43-27+,51-45?,52-46?,53-42?. The summed E-state index contributed by atoms with van der Waals surface area (Å²) in [6.07, 6.45) is 16.5. The molecule has 4 nitrogen and oxygen atoms in total. The second kappa shape index (κ2) is 21.1. The molecular weight excluding hydrogens is 889 g/mol. The molecule has 1 aliphatic heterocycles. The predicted molar refractivity (Wildman–Crippen MR) is 263 cm³/mol. The van der Waals surface area contributed by atoms with Crippen LogP contribution >= 0.6 is 67.1 Å². The van der Waals surface area contributed by atoms with Gasteiger partial charge < -0.3 is 4.90 Å². The van der Waals surface area contributed by atoms with E-state index in [9.17, 15) is 5.41 Å². The van der Waals surface area contributed by atoms with Crippen molar-refractivity contribution in [1.29, 1.82) is 10.8 Å². The number of benzene rings is 3. The van der Waals surface area contributed by atoms with Crippen LogP contribution in [0.1, 0.15) is 109 Å². The Labute approximate surface area is 372 Å². The molecule has 0 amide bonds. The summed E-state index contributed by atoms with van der Waals surface area (Å²) in [7, 11) is 0. The molecule has 1 aliphatic carbocycles. The molecule has 1 heterocycles. The number of allylic oxidation sites excluding steroid dienone is 7. The third-order valence-corrected chi connectivity index (χ3v) is 14.9. The van der Waals surface area contributed by atoms with Crippen molar-refractivity contribution in [2.24, 2.45) is 4.99 Å². The minimum absolute atomic E-state index is 0.160. The van der Waals surface area contributed by atoms with E-state index in [0.29, 0.717) is 8.75 Å². The fourth-order valence-corrected chi connectivity index (χ4v) is 11.0. The fraction of sp³-hybridized carbons (Fsp3) is 0.396. The van der Waals surface area contributed by atoms with Crippen LogP contribution in [0.15, 0.2) is 127 Å². The normalized spacial score (nSPS) is 17.3. The molecule has 0 saturated carbocycles. The summed E-state index contributed by atoms with van der Waals surface area (Å²) >= 11 is 11.7. The number of fused-ring (bicyclic) bond motifs is 1. The van der Waals surface area contributed by atoms with Crippen LogP contribution in [0.3, 0.4) is 0 Å². The number of hydrogen-bond acceptors (Lipinski definition) is 7. The van der Waals surface area contributed by atoms with Gasteiger partial charge in [-0.15, -0.1) is 0 Å². The first-order chi connectivity index (χ1) is 27.2. The van der Waals surface area contributed by atoms with Crippen LogP contribution in [0.25, 0.3) is 0 Å². The Kier molecular flexibility index (Phi) is 16.9. The molecule has 9 heteroatoms. The molecule has 3 aromatic carbocycles. The van der Waals surface area contributed by atoms with Crippen LogP contribution in [0.5, 0.6) is 0 Å². The fourth-order valence-electron chi connectivity index (χ4n) is 7.32. The Morgan fingerprint density at radius 2 is 1.65 bits per heavy atom. The number of unbranched alkanes of at least 4 members (excludes halogenated alkanes) is 2. The van der Waals surface area contributed by atoms with E-state index in [2.05, 4.69) is 176 Å². The van der Waals surface area contributed by atoms with E-state index in [1.165, 1.54) is 80.1 Å². The van der Waals surface area contributed by atoms with Crippen LogP contribution < -0.4 is 4.90 Å². The van der Waals surface area contributed by atoms with Gasteiger partial charge in [0.25, 0.3) is 0 Å². The number of halogens is 2. The largest absolute Gasteiger partial charge is 0.344 e. The van der Waals surface area contributed by atoms with Crippen molar-refractivity contribution in [3.05, 3.63) is 144 Å². The van der Waals surface area contributed by atoms with E-state index >= 15 is 0 Å². The molecule has 2 aliphatic rings. The third kappa shape index (κ3) is 12.0. The van der Waals surface area contributed by atoms with Gasteiger partial charge in [0, 0.05) is 60.6 Å². The topological polar surface area (TPSA) is 63.3 Å². The van der Waals surface area contributed by atoms with Crippen LogP contribution in [0.4, 0.5) is 5.69 Å². The number of aliphatic imine (C=N–C) groups is 1. The molecule has 0 unspecified atom stereocenters. The van der Waals surface area contributed by atoms with E-state index in [-0.39, 0.29) is 10.8 Å². The summed E-state index contributed by atoms with van der Waals surface area (Å²) in [5, 5.41) is 18.0. The second-order valence-electron chi connectivity index (χ2n) is 15.9. The Morgan fingerprint density at radius 1 is 0.912 bits per heavy atom. The molecule has 3 aromatic rings. The monoisotopic (exact) mass is 944 g/mol. The quantitative estimate of drug-likeness (QED) is 0.0960. The predicted octanol–water partition coefficient (Wildman–Crippen LogP) is 15.7. The molecular formula is C48H58Br2N4S3. The van der Waals surface area contributed by atoms with Gasteiger partial charge in [-0.05, 0) is 121 Å². The van der Waals surface area contributed by atoms with Crippen molar-refractivity contribution in [3.8, 4) is 0 Å². The summed E-state index contributed by atoms with van der Waals surface area (Å²) < 4.78 is 3.04. The van der Waals surface area contributed by atoms with Gasteiger partial charge in [0.2, 0.25) is 0 Å². The van der Waals surface area contributed by atoms with Crippen LogP contribution in [-0.2, 0) is 16.6 Å². The number of aryl methyl sites for hydroxylation is 1. The molecule has 5 rings (SSSR count). The number of hydrogen-bond donors (Lipinski definition) is 2. The van der Waals surface area contributed by atoms with E-state index < -0.39 is 0 Å². The summed E-state index contributed by atoms with van der Waals surface area (Å²) in [4.78, 5) is 8.86. The van der Waals surface area contributed by atoms with E-state index in [1.54, 1.807) is 0 Å². The van der Waals surface area contributed by atoms with Gasteiger partial charge in [-0.2, -0.15) is 0 Å². The summed E-state index contributed by atoms with van der Waals surface area (Å²) in [6, 6.07) is 23.8. The van der Waals surface area contributed by atoms with Crippen molar-refractivity contribution in [3.63, 3.8) is 0 Å². The van der Waals surface area contributed by atoms with Gasteiger partial charge in [0.15, 0.2) is 0 Å². The lowest BCUT2D eigenvalue weighted by atomic mass is 9.79. The zero-order valence-corrected chi connectivity index (χ0v) is 40.2. The lowest BCUT2D eigenvalue weighted by molar-refractivity contribution is 0.624. The van der Waals surface area contributed by atoms with Gasteiger partial charge in [-0.3, -0.25) is 15.8 Å². The maximum Gasteiger partial charge on any atom is 0.133 e. The maximum atomic E-state index is 9.22. The number of anilines is 1. The Bertz CT molecular complexity index is 2070. The summed E-state index contributed by atoms with van der Waals surface area (Å²) in [6.45, 7) is 17.5. The average molecular weight is 947 g/mol. The maximum absolute atomic E-state index is 9.22.